The molecule has 32 heavy (non-hydrogen) atoms. The van der Waals surface area contributed by atoms with Gasteiger partial charge in [0.25, 0.3) is 0 Å². The van der Waals surface area contributed by atoms with E-state index in [1.807, 2.05) is 36.0 Å². The van der Waals surface area contributed by atoms with Gasteiger partial charge >= 0.3 is 12.3 Å². The first-order chi connectivity index (χ1) is 15.6. The monoisotopic (exact) mass is 471 g/mol. The number of thiazole rings is 1. The summed E-state index contributed by atoms with van der Waals surface area (Å²) in [6.45, 7) is 2.06. The van der Waals surface area contributed by atoms with Gasteiger partial charge in [0.2, 0.25) is 0 Å². The van der Waals surface area contributed by atoms with E-state index in [9.17, 15) is 0 Å². The van der Waals surface area contributed by atoms with E-state index in [4.69, 9.17) is 30.8 Å². The average molecular weight is 472 g/mol. The molecule has 5 heterocycles. The highest BCUT2D eigenvalue weighted by atomic mass is 35.5. The summed E-state index contributed by atoms with van der Waals surface area (Å²) in [6.07, 6.45) is 8.56. The first kappa shape index (κ1) is 24.2. The van der Waals surface area contributed by atoms with Crippen LogP contribution < -0.4 is 0 Å². The third kappa shape index (κ3) is 6.46. The number of halogens is 1. The van der Waals surface area contributed by atoms with Crippen LogP contribution in [-0.2, 0) is 25.6 Å². The van der Waals surface area contributed by atoms with Gasteiger partial charge < -0.3 is 0 Å². The molecular formula is C19H14ClN7O4S. The van der Waals surface area contributed by atoms with E-state index in [0.29, 0.717) is 5.15 Å². The Bertz CT molecular complexity index is 1330. The largest absolute Gasteiger partial charge is 0.373 e. The van der Waals surface area contributed by atoms with Crippen LogP contribution in [0.2, 0.25) is 5.15 Å². The molecule has 0 spiro atoms. The average Bonchev–Trinajstić information content (AvgIpc) is 3.54. The van der Waals surface area contributed by atoms with Crippen LogP contribution in [0.5, 0.6) is 0 Å². The molecule has 5 rings (SSSR count). The van der Waals surface area contributed by atoms with Crippen molar-refractivity contribution in [1.29, 1.82) is 0 Å². The molecule has 0 atom stereocenters. The molecule has 0 aromatic carbocycles. The maximum atomic E-state index is 8.12. The summed E-state index contributed by atoms with van der Waals surface area (Å²) in [5, 5.41) is 11.9. The summed E-state index contributed by atoms with van der Waals surface area (Å²) >= 11 is 7.32. The van der Waals surface area contributed by atoms with E-state index in [1.165, 1.54) is 0 Å². The standard InChI is InChI=1S/C9H6N4S.C8H8ClN3.2CO2/c1-2-8-10-3-5-13(8)12-7(1)9-11-4-6-14-9;1-2-6-5-10-8-4-3-7(9)11-12(6)8;2*2-1-3/h1-6H;3-5H,2H2,1H3;;. The van der Waals surface area contributed by atoms with Crippen LogP contribution in [0, 0.1) is 0 Å². The highest BCUT2D eigenvalue weighted by Gasteiger charge is 2.03. The van der Waals surface area contributed by atoms with E-state index in [0.717, 1.165) is 34.1 Å². The van der Waals surface area contributed by atoms with Crippen LogP contribution in [0.4, 0.5) is 0 Å². The number of hydrogen-bond donors (Lipinski definition) is 0. The minimum Gasteiger partial charge on any atom is -0.243 e. The third-order valence-corrected chi connectivity index (χ3v) is 4.67. The van der Waals surface area contributed by atoms with E-state index in [-0.39, 0.29) is 12.3 Å². The molecule has 0 aliphatic rings. The smallest absolute Gasteiger partial charge is 0.243 e. The molecule has 0 N–H and O–H groups in total. The maximum absolute atomic E-state index is 8.12. The Morgan fingerprint density at radius 1 is 0.938 bits per heavy atom. The zero-order valence-corrected chi connectivity index (χ0v) is 18.0. The van der Waals surface area contributed by atoms with Crippen molar-refractivity contribution >= 4 is 46.5 Å². The van der Waals surface area contributed by atoms with Crippen molar-refractivity contribution < 1.29 is 19.2 Å². The van der Waals surface area contributed by atoms with Crippen molar-refractivity contribution in [2.24, 2.45) is 0 Å². The molecule has 0 amide bonds. The van der Waals surface area contributed by atoms with Gasteiger partial charge in [-0.25, -0.2) is 24.0 Å². The van der Waals surface area contributed by atoms with Gasteiger partial charge in [0.15, 0.2) is 11.3 Å². The Morgan fingerprint density at radius 2 is 1.66 bits per heavy atom. The molecule has 162 valence electrons. The predicted molar refractivity (Wildman–Crippen MR) is 111 cm³/mol. The molecule has 0 radical (unpaired) electrons. The fourth-order valence-electron chi connectivity index (χ4n) is 2.42. The molecule has 5 aromatic rings. The Hall–Kier alpha value is -4.08. The van der Waals surface area contributed by atoms with Crippen molar-refractivity contribution in [2.75, 3.05) is 0 Å². The van der Waals surface area contributed by atoms with Crippen LogP contribution in [0.3, 0.4) is 0 Å². The molecule has 11 nitrogen and oxygen atoms in total. The second-order valence-corrected chi connectivity index (χ2v) is 6.76. The Kier molecular flexibility index (Phi) is 9.51. The lowest BCUT2D eigenvalue weighted by atomic mass is 10.4. The molecule has 0 aliphatic carbocycles. The lowest BCUT2D eigenvalue weighted by Crippen LogP contribution is -1.95. The molecule has 0 bridgehead atoms. The van der Waals surface area contributed by atoms with E-state index < -0.39 is 0 Å². The summed E-state index contributed by atoms with van der Waals surface area (Å²) in [5.41, 5.74) is 3.65. The Morgan fingerprint density at radius 3 is 2.31 bits per heavy atom. The van der Waals surface area contributed by atoms with E-state index in [1.54, 1.807) is 38.8 Å². The minimum absolute atomic E-state index is 0.250. The number of aromatic nitrogens is 7. The molecule has 0 unspecified atom stereocenters. The van der Waals surface area contributed by atoms with Crippen LogP contribution in [-0.4, -0.2) is 46.5 Å². The number of nitrogens with zero attached hydrogens (tertiary/aromatic N) is 7. The fourth-order valence-corrected chi connectivity index (χ4v) is 3.16. The molecule has 0 fully saturated rings. The fraction of sp³-hybridized carbons (Fsp3) is 0.105. The van der Waals surface area contributed by atoms with Crippen molar-refractivity contribution in [2.45, 2.75) is 13.3 Å². The SMILES string of the molecule is CCc1cnc2ccc(Cl)nn12.O=C=O.O=C=O.c1csc(-c2ccc3nccn3n2)n1. The van der Waals surface area contributed by atoms with Crippen molar-refractivity contribution in [3.63, 3.8) is 0 Å². The first-order valence-corrected chi connectivity index (χ1v) is 10.0. The van der Waals surface area contributed by atoms with Crippen LogP contribution >= 0.6 is 22.9 Å². The zero-order valence-electron chi connectivity index (χ0n) is 16.5. The second-order valence-electron chi connectivity index (χ2n) is 5.48. The molecule has 5 aromatic heterocycles. The topological polar surface area (TPSA) is 142 Å². The third-order valence-electron chi connectivity index (χ3n) is 3.67. The first-order valence-electron chi connectivity index (χ1n) is 8.75. The zero-order chi connectivity index (χ0) is 23.3. The summed E-state index contributed by atoms with van der Waals surface area (Å²) in [7, 11) is 0. The normalized spacial score (nSPS) is 9.31. The summed E-state index contributed by atoms with van der Waals surface area (Å²) in [5.74, 6) is 0. The van der Waals surface area contributed by atoms with Gasteiger partial charge in [-0.05, 0) is 30.7 Å². The van der Waals surface area contributed by atoms with Crippen molar-refractivity contribution in [3.8, 4) is 10.7 Å². The predicted octanol–water partition coefficient (Wildman–Crippen LogP) is 2.63. The maximum Gasteiger partial charge on any atom is 0.373 e. The number of aryl methyl sites for hydroxylation is 1. The van der Waals surface area contributed by atoms with Crippen LogP contribution in [0.1, 0.15) is 12.6 Å². The second kappa shape index (κ2) is 12.6. The summed E-state index contributed by atoms with van der Waals surface area (Å²) in [6, 6.07) is 7.46. The van der Waals surface area contributed by atoms with Gasteiger partial charge in [0, 0.05) is 24.0 Å². The van der Waals surface area contributed by atoms with Crippen LogP contribution in [0.25, 0.3) is 22.0 Å². The van der Waals surface area contributed by atoms with Gasteiger partial charge in [-0.2, -0.15) is 29.4 Å². The molecule has 13 heteroatoms. The van der Waals surface area contributed by atoms with Crippen molar-refractivity contribution in [3.05, 3.63) is 65.3 Å². The van der Waals surface area contributed by atoms with Crippen LogP contribution in [0.15, 0.2) is 54.4 Å². The van der Waals surface area contributed by atoms with E-state index in [2.05, 4.69) is 32.1 Å². The van der Waals surface area contributed by atoms with Gasteiger partial charge in [-0.15, -0.1) is 11.3 Å². The summed E-state index contributed by atoms with van der Waals surface area (Å²) < 4.78 is 3.51. The van der Waals surface area contributed by atoms with Gasteiger partial charge in [-0.3, -0.25) is 0 Å². The van der Waals surface area contributed by atoms with Gasteiger partial charge in [0.05, 0.1) is 11.9 Å². The summed E-state index contributed by atoms with van der Waals surface area (Å²) in [4.78, 5) is 45.0. The highest BCUT2D eigenvalue weighted by Crippen LogP contribution is 2.18. The molecule has 0 saturated heterocycles. The van der Waals surface area contributed by atoms with Gasteiger partial charge in [-0.1, -0.05) is 18.5 Å². The molecular weight excluding hydrogens is 458 g/mol. The Labute approximate surface area is 189 Å². The number of carbonyl (C=O) groups excluding carboxylic acids is 4. The van der Waals surface area contributed by atoms with Crippen molar-refractivity contribution in [1.82, 2.24) is 34.2 Å². The molecule has 0 aliphatic heterocycles. The minimum atomic E-state index is 0.250. The Balaban J connectivity index is 0.000000184. The number of hydrogen-bond acceptors (Lipinski definition) is 10. The van der Waals surface area contributed by atoms with Gasteiger partial charge in [0.1, 0.15) is 15.9 Å². The lowest BCUT2D eigenvalue weighted by molar-refractivity contribution is -0.193. The number of imidazole rings is 2. The number of fused-ring (bicyclic) bond motifs is 2. The number of rotatable bonds is 2. The quantitative estimate of drug-likeness (QED) is 0.379. The lowest BCUT2D eigenvalue weighted by Gasteiger charge is -1.96. The van der Waals surface area contributed by atoms with E-state index >= 15 is 0 Å². The molecule has 0 saturated carbocycles. The highest BCUT2D eigenvalue weighted by molar-refractivity contribution is 7.13.